The normalized spacial score (nSPS) is 11.2. The van der Waals surface area contributed by atoms with E-state index in [4.69, 9.17) is 14.2 Å². The van der Waals surface area contributed by atoms with Crippen molar-refractivity contribution < 1.29 is 14.2 Å². The van der Waals surface area contributed by atoms with Crippen LogP contribution >= 0.6 is 0 Å². The molecule has 0 aliphatic carbocycles. The average Bonchev–Trinajstić information content (AvgIpc) is 2.57. The van der Waals surface area contributed by atoms with Gasteiger partial charge in [0.05, 0.1) is 13.7 Å². The van der Waals surface area contributed by atoms with Crippen molar-refractivity contribution in [2.24, 2.45) is 4.99 Å². The molecule has 0 saturated carbocycles. The van der Waals surface area contributed by atoms with Gasteiger partial charge in [0.15, 0.2) is 17.5 Å². The maximum atomic E-state index is 5.58. The highest BCUT2D eigenvalue weighted by Crippen LogP contribution is 2.30. The molecule has 0 aromatic heterocycles. The Labute approximate surface area is 139 Å². The first-order chi connectivity index (χ1) is 11.2. The van der Waals surface area contributed by atoms with Crippen LogP contribution in [-0.4, -0.2) is 47.0 Å². The SMILES string of the molecule is CCOc1cc(NC(=NC)NCCCCCOC)ccc1OC. The summed E-state index contributed by atoms with van der Waals surface area (Å²) < 4.78 is 15.9. The summed E-state index contributed by atoms with van der Waals surface area (Å²) in [6.45, 7) is 4.23. The van der Waals surface area contributed by atoms with Crippen molar-refractivity contribution in [2.75, 3.05) is 46.3 Å². The highest BCUT2D eigenvalue weighted by Gasteiger charge is 2.06. The van der Waals surface area contributed by atoms with Crippen LogP contribution < -0.4 is 20.1 Å². The van der Waals surface area contributed by atoms with Crippen LogP contribution in [0.15, 0.2) is 23.2 Å². The van der Waals surface area contributed by atoms with Gasteiger partial charge >= 0.3 is 0 Å². The molecule has 0 aliphatic heterocycles. The number of benzene rings is 1. The third-order valence-corrected chi connectivity index (χ3v) is 3.27. The molecular formula is C17H29N3O3. The maximum Gasteiger partial charge on any atom is 0.195 e. The van der Waals surface area contributed by atoms with Crippen molar-refractivity contribution >= 4 is 11.6 Å². The third-order valence-electron chi connectivity index (χ3n) is 3.27. The van der Waals surface area contributed by atoms with Gasteiger partial charge in [-0.05, 0) is 38.3 Å². The number of methoxy groups -OCH3 is 2. The quantitative estimate of drug-likeness (QED) is 0.394. The molecule has 1 aromatic carbocycles. The van der Waals surface area contributed by atoms with E-state index in [1.807, 2.05) is 25.1 Å². The van der Waals surface area contributed by atoms with Gasteiger partial charge in [0.2, 0.25) is 0 Å². The molecule has 0 radical (unpaired) electrons. The van der Waals surface area contributed by atoms with Crippen molar-refractivity contribution in [3.63, 3.8) is 0 Å². The molecule has 0 bridgehead atoms. The van der Waals surface area contributed by atoms with E-state index in [9.17, 15) is 0 Å². The largest absolute Gasteiger partial charge is 0.493 e. The number of aliphatic imine (C=N–C) groups is 1. The molecule has 6 nitrogen and oxygen atoms in total. The average molecular weight is 323 g/mol. The van der Waals surface area contributed by atoms with E-state index in [1.165, 1.54) is 0 Å². The Morgan fingerprint density at radius 1 is 1.13 bits per heavy atom. The Morgan fingerprint density at radius 2 is 1.96 bits per heavy atom. The van der Waals surface area contributed by atoms with E-state index in [0.717, 1.165) is 55.6 Å². The topological polar surface area (TPSA) is 64.1 Å². The van der Waals surface area contributed by atoms with Gasteiger partial charge in [-0.1, -0.05) is 0 Å². The molecule has 1 rings (SSSR count). The molecular weight excluding hydrogens is 294 g/mol. The second-order valence-corrected chi connectivity index (χ2v) is 4.98. The number of guanidine groups is 1. The Morgan fingerprint density at radius 3 is 2.61 bits per heavy atom. The minimum Gasteiger partial charge on any atom is -0.493 e. The fourth-order valence-corrected chi connectivity index (χ4v) is 2.09. The zero-order chi connectivity index (χ0) is 16.9. The number of rotatable bonds is 10. The Hall–Kier alpha value is -1.95. The standard InChI is InChI=1S/C17H29N3O3/c1-5-23-16-13-14(9-10-15(16)22-4)20-17(18-2)19-11-7-6-8-12-21-3/h9-10,13H,5-8,11-12H2,1-4H3,(H2,18,19,20). The van der Waals surface area contributed by atoms with Gasteiger partial charge in [-0.15, -0.1) is 0 Å². The molecule has 0 spiro atoms. The smallest absolute Gasteiger partial charge is 0.195 e. The molecule has 23 heavy (non-hydrogen) atoms. The van der Waals surface area contributed by atoms with Crippen LogP contribution in [0, 0.1) is 0 Å². The summed E-state index contributed by atoms with van der Waals surface area (Å²) in [6.07, 6.45) is 3.30. The second-order valence-electron chi connectivity index (χ2n) is 4.98. The van der Waals surface area contributed by atoms with Gasteiger partial charge in [-0.2, -0.15) is 0 Å². The van der Waals surface area contributed by atoms with E-state index < -0.39 is 0 Å². The number of nitrogens with one attached hydrogen (secondary N) is 2. The lowest BCUT2D eigenvalue weighted by Gasteiger charge is -2.14. The second kappa shape index (κ2) is 11.6. The van der Waals surface area contributed by atoms with Crippen molar-refractivity contribution in [1.29, 1.82) is 0 Å². The van der Waals surface area contributed by atoms with Gasteiger partial charge < -0.3 is 24.8 Å². The van der Waals surface area contributed by atoms with E-state index >= 15 is 0 Å². The molecule has 6 heteroatoms. The van der Waals surface area contributed by atoms with E-state index in [1.54, 1.807) is 21.3 Å². The lowest BCUT2D eigenvalue weighted by molar-refractivity contribution is 0.192. The number of hydrogen-bond donors (Lipinski definition) is 2. The molecule has 1 aromatic rings. The Kier molecular flexibility index (Phi) is 9.63. The molecule has 2 N–H and O–H groups in total. The number of unbranched alkanes of at least 4 members (excludes halogenated alkanes) is 2. The van der Waals surface area contributed by atoms with E-state index in [-0.39, 0.29) is 0 Å². The zero-order valence-electron chi connectivity index (χ0n) is 14.6. The number of anilines is 1. The molecule has 0 amide bonds. The molecule has 0 atom stereocenters. The predicted octanol–water partition coefficient (Wildman–Crippen LogP) is 2.90. The molecule has 0 heterocycles. The van der Waals surface area contributed by atoms with Gasteiger partial charge in [-0.25, -0.2) is 0 Å². The van der Waals surface area contributed by atoms with Crippen LogP contribution in [0.25, 0.3) is 0 Å². The van der Waals surface area contributed by atoms with Crippen LogP contribution in [0.2, 0.25) is 0 Å². The van der Waals surface area contributed by atoms with Crippen LogP contribution in [-0.2, 0) is 4.74 Å². The highest BCUT2D eigenvalue weighted by molar-refractivity contribution is 5.93. The number of hydrogen-bond acceptors (Lipinski definition) is 4. The molecule has 0 unspecified atom stereocenters. The monoisotopic (exact) mass is 323 g/mol. The summed E-state index contributed by atoms with van der Waals surface area (Å²) in [5, 5.41) is 6.56. The van der Waals surface area contributed by atoms with Crippen molar-refractivity contribution in [3.05, 3.63) is 18.2 Å². The van der Waals surface area contributed by atoms with Crippen molar-refractivity contribution in [3.8, 4) is 11.5 Å². The summed E-state index contributed by atoms with van der Waals surface area (Å²) in [4.78, 5) is 4.23. The summed E-state index contributed by atoms with van der Waals surface area (Å²) in [5.74, 6) is 2.18. The van der Waals surface area contributed by atoms with Gasteiger partial charge in [-0.3, -0.25) is 4.99 Å². The van der Waals surface area contributed by atoms with Crippen molar-refractivity contribution in [1.82, 2.24) is 5.32 Å². The van der Waals surface area contributed by atoms with Gasteiger partial charge in [0.25, 0.3) is 0 Å². The zero-order valence-corrected chi connectivity index (χ0v) is 14.6. The fourth-order valence-electron chi connectivity index (χ4n) is 2.09. The minimum absolute atomic E-state index is 0.592. The molecule has 0 aliphatic rings. The summed E-state index contributed by atoms with van der Waals surface area (Å²) in [5.41, 5.74) is 0.904. The summed E-state index contributed by atoms with van der Waals surface area (Å²) in [7, 11) is 5.12. The van der Waals surface area contributed by atoms with E-state index in [0.29, 0.717) is 6.61 Å². The van der Waals surface area contributed by atoms with Crippen LogP contribution in [0.3, 0.4) is 0 Å². The summed E-state index contributed by atoms with van der Waals surface area (Å²) >= 11 is 0. The molecule has 0 saturated heterocycles. The number of ether oxygens (including phenoxy) is 3. The van der Waals surface area contributed by atoms with Gasteiger partial charge in [0.1, 0.15) is 0 Å². The third kappa shape index (κ3) is 7.23. The van der Waals surface area contributed by atoms with Crippen LogP contribution in [0.4, 0.5) is 5.69 Å². The first kappa shape index (κ1) is 19.1. The van der Waals surface area contributed by atoms with E-state index in [2.05, 4.69) is 15.6 Å². The first-order valence-corrected chi connectivity index (χ1v) is 8.02. The molecule has 0 fully saturated rings. The fraction of sp³-hybridized carbons (Fsp3) is 0.588. The first-order valence-electron chi connectivity index (χ1n) is 8.02. The minimum atomic E-state index is 0.592. The Bertz CT molecular complexity index is 478. The van der Waals surface area contributed by atoms with Crippen LogP contribution in [0.1, 0.15) is 26.2 Å². The molecule has 130 valence electrons. The van der Waals surface area contributed by atoms with Gasteiger partial charge in [0, 0.05) is 39.1 Å². The maximum absolute atomic E-state index is 5.58. The summed E-state index contributed by atoms with van der Waals surface area (Å²) in [6, 6.07) is 5.73. The lowest BCUT2D eigenvalue weighted by Crippen LogP contribution is -2.31. The van der Waals surface area contributed by atoms with Crippen LogP contribution in [0.5, 0.6) is 11.5 Å². The number of nitrogens with zero attached hydrogens (tertiary/aromatic N) is 1. The predicted molar refractivity (Wildman–Crippen MR) is 94.9 cm³/mol. The Balaban J connectivity index is 2.50. The van der Waals surface area contributed by atoms with Crippen molar-refractivity contribution in [2.45, 2.75) is 26.2 Å². The lowest BCUT2D eigenvalue weighted by atomic mass is 10.2. The highest BCUT2D eigenvalue weighted by atomic mass is 16.5.